The Labute approximate surface area is 155 Å². The fraction of sp³-hybridized carbons (Fsp3) is 0.348. The minimum absolute atomic E-state index is 0.190. The van der Waals surface area contributed by atoms with E-state index in [9.17, 15) is 4.79 Å². The van der Waals surface area contributed by atoms with Gasteiger partial charge in [-0.05, 0) is 61.1 Å². The third-order valence-corrected chi connectivity index (χ3v) is 6.15. The minimum Gasteiger partial charge on any atom is -0.467 e. The Bertz CT molecular complexity index is 943. The first-order valence-electron chi connectivity index (χ1n) is 9.11. The molecule has 0 aromatic heterocycles. The highest BCUT2D eigenvalue weighted by Crippen LogP contribution is 2.56. The van der Waals surface area contributed by atoms with Gasteiger partial charge in [-0.25, -0.2) is 4.79 Å². The van der Waals surface area contributed by atoms with Crippen LogP contribution >= 0.6 is 0 Å². The largest absolute Gasteiger partial charge is 0.467 e. The second-order valence-electron chi connectivity index (χ2n) is 7.57. The summed E-state index contributed by atoms with van der Waals surface area (Å²) in [5, 5.41) is 0. The van der Waals surface area contributed by atoms with Crippen LogP contribution in [0.3, 0.4) is 0 Å². The molecule has 2 aromatic rings. The molecule has 1 aliphatic heterocycles. The number of aryl methyl sites for hydroxylation is 2. The summed E-state index contributed by atoms with van der Waals surface area (Å²) < 4.78 is 5.29. The molecule has 0 radical (unpaired) electrons. The Balaban J connectivity index is 2.15. The van der Waals surface area contributed by atoms with Crippen LogP contribution in [0.2, 0.25) is 0 Å². The molecule has 0 amide bonds. The zero-order valence-electron chi connectivity index (χ0n) is 16.1. The van der Waals surface area contributed by atoms with Crippen LogP contribution in [0.25, 0.3) is 0 Å². The third-order valence-electron chi connectivity index (χ3n) is 6.15. The van der Waals surface area contributed by atoms with Crippen molar-refractivity contribution in [3.8, 4) is 0 Å². The molecule has 0 saturated carbocycles. The van der Waals surface area contributed by atoms with Crippen molar-refractivity contribution >= 4 is 11.7 Å². The van der Waals surface area contributed by atoms with Crippen LogP contribution in [0, 0.1) is 13.8 Å². The topological polar surface area (TPSA) is 29.5 Å². The molecule has 1 heterocycles. The number of anilines is 1. The van der Waals surface area contributed by atoms with Crippen molar-refractivity contribution in [1.29, 1.82) is 0 Å². The first kappa shape index (κ1) is 16.9. The van der Waals surface area contributed by atoms with Gasteiger partial charge in [0, 0.05) is 12.7 Å². The van der Waals surface area contributed by atoms with Gasteiger partial charge in [-0.2, -0.15) is 0 Å². The van der Waals surface area contributed by atoms with Gasteiger partial charge >= 0.3 is 5.97 Å². The summed E-state index contributed by atoms with van der Waals surface area (Å²) in [5.41, 5.74) is 8.04. The molecule has 0 bridgehead atoms. The number of allylic oxidation sites excluding steroid dienone is 1. The van der Waals surface area contributed by atoms with E-state index in [1.165, 1.54) is 40.5 Å². The molecule has 0 N–H and O–H groups in total. The molecular formula is C23H25NO2. The van der Waals surface area contributed by atoms with Crippen LogP contribution in [0.15, 0.2) is 48.0 Å². The normalized spacial score (nSPS) is 23.5. The van der Waals surface area contributed by atoms with Crippen LogP contribution < -0.4 is 4.90 Å². The molecule has 3 nitrogen and oxygen atoms in total. The van der Waals surface area contributed by atoms with E-state index in [-0.39, 0.29) is 5.97 Å². The Morgan fingerprint density at radius 2 is 1.92 bits per heavy atom. The highest BCUT2D eigenvalue weighted by molar-refractivity contribution is 5.91. The number of hydrogen-bond donors (Lipinski definition) is 0. The van der Waals surface area contributed by atoms with Crippen molar-refractivity contribution in [3.05, 3.63) is 75.9 Å². The summed E-state index contributed by atoms with van der Waals surface area (Å²) in [6, 6.07) is 12.5. The molecule has 2 aliphatic rings. The lowest BCUT2D eigenvalue weighted by molar-refractivity contribution is -0.143. The zero-order chi connectivity index (χ0) is 18.6. The van der Waals surface area contributed by atoms with E-state index in [2.05, 4.69) is 68.1 Å². The van der Waals surface area contributed by atoms with E-state index < -0.39 is 11.5 Å². The van der Waals surface area contributed by atoms with Crippen molar-refractivity contribution in [2.45, 2.75) is 38.6 Å². The summed E-state index contributed by atoms with van der Waals surface area (Å²) in [5.74, 6) is -0.190. The van der Waals surface area contributed by atoms with Crippen LogP contribution in [0.4, 0.5) is 5.69 Å². The van der Waals surface area contributed by atoms with E-state index in [1.54, 1.807) is 0 Å². The van der Waals surface area contributed by atoms with Gasteiger partial charge in [0.2, 0.25) is 0 Å². The second-order valence-corrected chi connectivity index (χ2v) is 7.57. The standard InChI is InChI=1S/C23H25NO2/c1-14-12-15(2)20-19(13-14)24(4)21(22(25)26-5)23(20)16(3)10-11-17-8-6-7-9-18(17)23/h6-10,12-13,21H,11H2,1-5H3/t21-,23+/m0/s1. The van der Waals surface area contributed by atoms with Gasteiger partial charge in [0.05, 0.1) is 12.5 Å². The quantitative estimate of drug-likeness (QED) is 0.575. The number of carbonyl (C=O) groups is 1. The average molecular weight is 347 g/mol. The molecule has 134 valence electrons. The summed E-state index contributed by atoms with van der Waals surface area (Å²) in [4.78, 5) is 15.1. The SMILES string of the molecule is COC(=O)[C@@H]1N(C)c2cc(C)cc(C)c2[C@]12C(C)=CCc1ccccc12. The molecule has 0 unspecified atom stereocenters. The number of rotatable bonds is 1. The summed E-state index contributed by atoms with van der Waals surface area (Å²) >= 11 is 0. The number of methoxy groups -OCH3 is 1. The lowest BCUT2D eigenvalue weighted by Crippen LogP contribution is -2.52. The van der Waals surface area contributed by atoms with Crippen LogP contribution in [-0.4, -0.2) is 26.2 Å². The van der Waals surface area contributed by atoms with Gasteiger partial charge < -0.3 is 9.64 Å². The smallest absolute Gasteiger partial charge is 0.330 e. The Kier molecular flexibility index (Phi) is 3.72. The van der Waals surface area contributed by atoms with Crippen molar-refractivity contribution in [1.82, 2.24) is 0 Å². The van der Waals surface area contributed by atoms with Crippen LogP contribution in [0.1, 0.15) is 34.7 Å². The van der Waals surface area contributed by atoms with Crippen molar-refractivity contribution in [3.63, 3.8) is 0 Å². The number of hydrogen-bond acceptors (Lipinski definition) is 3. The molecule has 1 aliphatic carbocycles. The molecule has 1 spiro atoms. The summed E-state index contributed by atoms with van der Waals surface area (Å²) in [6.07, 6.45) is 3.18. The lowest BCUT2D eigenvalue weighted by atomic mass is 9.61. The monoisotopic (exact) mass is 347 g/mol. The van der Waals surface area contributed by atoms with Gasteiger partial charge in [0.1, 0.15) is 6.04 Å². The average Bonchev–Trinajstić information content (AvgIpc) is 2.88. The predicted molar refractivity (Wildman–Crippen MR) is 105 cm³/mol. The maximum atomic E-state index is 13.0. The summed E-state index contributed by atoms with van der Waals surface area (Å²) in [7, 11) is 3.50. The summed E-state index contributed by atoms with van der Waals surface area (Å²) in [6.45, 7) is 6.43. The number of benzene rings is 2. The fourth-order valence-electron chi connectivity index (χ4n) is 5.16. The molecule has 3 heteroatoms. The van der Waals surface area contributed by atoms with Crippen molar-refractivity contribution in [2.75, 3.05) is 19.1 Å². The zero-order valence-corrected chi connectivity index (χ0v) is 16.1. The third kappa shape index (κ3) is 1.97. The maximum absolute atomic E-state index is 13.0. The fourth-order valence-corrected chi connectivity index (χ4v) is 5.16. The van der Waals surface area contributed by atoms with Gasteiger partial charge in [-0.1, -0.05) is 42.0 Å². The van der Waals surface area contributed by atoms with E-state index in [1.807, 2.05) is 7.05 Å². The highest BCUT2D eigenvalue weighted by atomic mass is 16.5. The Hall–Kier alpha value is -2.55. The molecule has 2 aromatic carbocycles. The number of fused-ring (bicyclic) bond motifs is 4. The van der Waals surface area contributed by atoms with Crippen LogP contribution in [-0.2, 0) is 21.4 Å². The first-order valence-corrected chi connectivity index (χ1v) is 9.11. The van der Waals surface area contributed by atoms with E-state index in [0.717, 1.165) is 12.1 Å². The van der Waals surface area contributed by atoms with Gasteiger partial charge in [-0.3, -0.25) is 0 Å². The number of carbonyl (C=O) groups excluding carboxylic acids is 1. The van der Waals surface area contributed by atoms with Crippen molar-refractivity contribution < 1.29 is 9.53 Å². The predicted octanol–water partition coefficient (Wildman–Crippen LogP) is 4.08. The molecule has 0 fully saturated rings. The maximum Gasteiger partial charge on any atom is 0.330 e. The number of nitrogens with zero attached hydrogens (tertiary/aromatic N) is 1. The van der Waals surface area contributed by atoms with Crippen LogP contribution in [0.5, 0.6) is 0 Å². The first-order chi connectivity index (χ1) is 12.4. The number of esters is 1. The minimum atomic E-state index is -0.496. The van der Waals surface area contributed by atoms with Gasteiger partial charge in [-0.15, -0.1) is 0 Å². The van der Waals surface area contributed by atoms with Gasteiger partial charge in [0.15, 0.2) is 0 Å². The number of ether oxygens (including phenoxy) is 1. The Morgan fingerprint density at radius 1 is 1.19 bits per heavy atom. The highest BCUT2D eigenvalue weighted by Gasteiger charge is 2.58. The van der Waals surface area contributed by atoms with Crippen molar-refractivity contribution in [2.24, 2.45) is 0 Å². The second kappa shape index (κ2) is 5.73. The van der Waals surface area contributed by atoms with Gasteiger partial charge in [0.25, 0.3) is 0 Å². The van der Waals surface area contributed by atoms with E-state index in [4.69, 9.17) is 4.74 Å². The molecule has 26 heavy (non-hydrogen) atoms. The lowest BCUT2D eigenvalue weighted by Gasteiger charge is -2.42. The molecule has 0 saturated heterocycles. The molecule has 2 atom stereocenters. The molecule has 4 rings (SSSR count). The van der Waals surface area contributed by atoms with E-state index >= 15 is 0 Å². The Morgan fingerprint density at radius 3 is 2.65 bits per heavy atom. The molecular weight excluding hydrogens is 322 g/mol. The number of likely N-dealkylation sites (N-methyl/N-ethyl adjacent to an activating group) is 1. The van der Waals surface area contributed by atoms with E-state index in [0.29, 0.717) is 0 Å².